The van der Waals surface area contributed by atoms with Crippen LogP contribution in [0.15, 0.2) is 11.2 Å². The van der Waals surface area contributed by atoms with Gasteiger partial charge in [0.2, 0.25) is 0 Å². The van der Waals surface area contributed by atoms with Crippen LogP contribution in [-0.4, -0.2) is 31.7 Å². The Labute approximate surface area is 114 Å². The van der Waals surface area contributed by atoms with Gasteiger partial charge in [-0.15, -0.1) is 0 Å². The van der Waals surface area contributed by atoms with Crippen molar-refractivity contribution >= 4 is 10.0 Å². The fourth-order valence-corrected chi connectivity index (χ4v) is 3.25. The number of aromatic amines is 1. The molecular weight excluding hydrogens is 264 g/mol. The molecule has 19 heavy (non-hydrogen) atoms. The highest BCUT2D eigenvalue weighted by Crippen LogP contribution is 2.37. The average molecular weight is 286 g/mol. The Morgan fingerprint density at radius 1 is 1.53 bits per heavy atom. The van der Waals surface area contributed by atoms with Crippen LogP contribution in [0.5, 0.6) is 0 Å². The van der Waals surface area contributed by atoms with Gasteiger partial charge in [0.15, 0.2) is 5.03 Å². The Balaban J connectivity index is 1.96. The summed E-state index contributed by atoms with van der Waals surface area (Å²) in [6.07, 6.45) is 3.69. The quantitative estimate of drug-likeness (QED) is 0.618. The van der Waals surface area contributed by atoms with Crippen molar-refractivity contribution < 1.29 is 8.42 Å². The number of hydrogen-bond donors (Lipinski definition) is 3. The fraction of sp³-hybridized carbons (Fsp3) is 0.750. The number of rotatable bonds is 8. The molecule has 1 aromatic rings. The summed E-state index contributed by atoms with van der Waals surface area (Å²) in [6, 6.07) is 0. The number of sulfonamides is 1. The smallest absolute Gasteiger partial charge is 0.257 e. The van der Waals surface area contributed by atoms with Gasteiger partial charge < -0.3 is 5.32 Å². The van der Waals surface area contributed by atoms with Crippen molar-refractivity contribution in [3.05, 3.63) is 11.8 Å². The van der Waals surface area contributed by atoms with E-state index in [1.54, 1.807) is 6.20 Å². The summed E-state index contributed by atoms with van der Waals surface area (Å²) in [5.74, 6) is 1.12. The van der Waals surface area contributed by atoms with Gasteiger partial charge >= 0.3 is 0 Å². The summed E-state index contributed by atoms with van der Waals surface area (Å²) in [5, 5.41) is 9.80. The largest absolute Gasteiger partial charge is 0.313 e. The zero-order valence-electron chi connectivity index (χ0n) is 11.4. The van der Waals surface area contributed by atoms with E-state index in [0.29, 0.717) is 30.5 Å². The normalized spacial score (nSPS) is 22.6. The van der Waals surface area contributed by atoms with E-state index in [1.165, 1.54) is 0 Å². The molecule has 1 aliphatic carbocycles. The summed E-state index contributed by atoms with van der Waals surface area (Å²) in [4.78, 5) is 0. The zero-order chi connectivity index (χ0) is 13.9. The SMILES string of the molecule is CCCNCc1cn[nH]c1S(=O)(=O)NCC1CC1C. The van der Waals surface area contributed by atoms with Crippen LogP contribution >= 0.6 is 0 Å². The van der Waals surface area contributed by atoms with E-state index in [0.717, 1.165) is 19.4 Å². The van der Waals surface area contributed by atoms with E-state index in [-0.39, 0.29) is 5.03 Å². The van der Waals surface area contributed by atoms with E-state index in [1.807, 2.05) is 0 Å². The van der Waals surface area contributed by atoms with Gasteiger partial charge in [-0.05, 0) is 31.2 Å². The minimum Gasteiger partial charge on any atom is -0.313 e. The minimum absolute atomic E-state index is 0.185. The predicted octanol–water partition coefficient (Wildman–Crippen LogP) is 0.844. The molecule has 6 nitrogen and oxygen atoms in total. The highest BCUT2D eigenvalue weighted by molar-refractivity contribution is 7.89. The molecule has 1 aromatic heterocycles. The van der Waals surface area contributed by atoms with Gasteiger partial charge in [-0.3, -0.25) is 5.10 Å². The lowest BCUT2D eigenvalue weighted by molar-refractivity contribution is 0.567. The van der Waals surface area contributed by atoms with E-state index >= 15 is 0 Å². The molecule has 0 aromatic carbocycles. The lowest BCUT2D eigenvalue weighted by atomic mass is 10.3. The van der Waals surface area contributed by atoms with Crippen LogP contribution in [0.2, 0.25) is 0 Å². The summed E-state index contributed by atoms with van der Waals surface area (Å²) in [6.45, 7) is 6.09. The van der Waals surface area contributed by atoms with Crippen LogP contribution in [0.25, 0.3) is 0 Å². The second-order valence-corrected chi connectivity index (χ2v) is 6.93. The van der Waals surface area contributed by atoms with Crippen molar-refractivity contribution in [3.63, 3.8) is 0 Å². The van der Waals surface area contributed by atoms with Crippen LogP contribution in [0.1, 0.15) is 32.3 Å². The highest BCUT2D eigenvalue weighted by Gasteiger charge is 2.33. The Hall–Kier alpha value is -0.920. The van der Waals surface area contributed by atoms with Crippen molar-refractivity contribution in [1.29, 1.82) is 0 Å². The van der Waals surface area contributed by atoms with Gasteiger partial charge in [-0.25, -0.2) is 13.1 Å². The molecule has 1 heterocycles. The molecule has 0 saturated heterocycles. The molecule has 0 radical (unpaired) electrons. The van der Waals surface area contributed by atoms with Crippen molar-refractivity contribution in [2.45, 2.75) is 38.3 Å². The first kappa shape index (κ1) is 14.5. The predicted molar refractivity (Wildman–Crippen MR) is 73.0 cm³/mol. The van der Waals surface area contributed by atoms with Crippen LogP contribution in [0.4, 0.5) is 0 Å². The second kappa shape index (κ2) is 6.02. The van der Waals surface area contributed by atoms with Crippen LogP contribution in [0, 0.1) is 11.8 Å². The molecule has 1 fully saturated rings. The van der Waals surface area contributed by atoms with Gasteiger partial charge in [-0.1, -0.05) is 13.8 Å². The second-order valence-electron chi connectivity index (χ2n) is 5.23. The fourth-order valence-electron chi connectivity index (χ4n) is 2.03. The molecule has 2 unspecified atom stereocenters. The molecule has 0 aliphatic heterocycles. The minimum atomic E-state index is -3.47. The Kier molecular flexibility index (Phi) is 4.59. The topological polar surface area (TPSA) is 86.9 Å². The monoisotopic (exact) mass is 286 g/mol. The molecule has 1 saturated carbocycles. The summed E-state index contributed by atoms with van der Waals surface area (Å²) in [7, 11) is -3.47. The third-order valence-corrected chi connectivity index (χ3v) is 4.94. The average Bonchev–Trinajstić information content (AvgIpc) is 2.88. The van der Waals surface area contributed by atoms with Gasteiger partial charge in [0.25, 0.3) is 10.0 Å². The van der Waals surface area contributed by atoms with Gasteiger partial charge in [0.1, 0.15) is 0 Å². The molecule has 7 heteroatoms. The Bertz CT molecular complexity index is 512. The molecular formula is C12H22N4O2S. The number of nitrogens with zero attached hydrogens (tertiary/aromatic N) is 1. The van der Waals surface area contributed by atoms with Crippen molar-refractivity contribution in [3.8, 4) is 0 Å². The molecule has 3 N–H and O–H groups in total. The van der Waals surface area contributed by atoms with Crippen molar-refractivity contribution in [2.75, 3.05) is 13.1 Å². The maximum absolute atomic E-state index is 12.2. The van der Waals surface area contributed by atoms with Crippen molar-refractivity contribution in [2.24, 2.45) is 11.8 Å². The summed E-state index contributed by atoms with van der Waals surface area (Å²) in [5.41, 5.74) is 0.685. The lowest BCUT2D eigenvalue weighted by Crippen LogP contribution is -2.28. The molecule has 0 spiro atoms. The zero-order valence-corrected chi connectivity index (χ0v) is 12.3. The Morgan fingerprint density at radius 2 is 2.26 bits per heavy atom. The number of H-pyrrole nitrogens is 1. The molecule has 1 aliphatic rings. The highest BCUT2D eigenvalue weighted by atomic mass is 32.2. The van der Waals surface area contributed by atoms with E-state index in [4.69, 9.17) is 0 Å². The first-order chi connectivity index (χ1) is 9.04. The molecule has 2 rings (SSSR count). The number of hydrogen-bond acceptors (Lipinski definition) is 4. The molecule has 0 bridgehead atoms. The van der Waals surface area contributed by atoms with Crippen LogP contribution in [0.3, 0.4) is 0 Å². The molecule has 108 valence electrons. The Morgan fingerprint density at radius 3 is 2.89 bits per heavy atom. The van der Waals surface area contributed by atoms with Gasteiger partial charge in [0.05, 0.1) is 6.20 Å². The molecule has 2 atom stereocenters. The van der Waals surface area contributed by atoms with Crippen molar-refractivity contribution in [1.82, 2.24) is 20.2 Å². The lowest BCUT2D eigenvalue weighted by Gasteiger charge is -2.07. The summed E-state index contributed by atoms with van der Waals surface area (Å²) < 4.78 is 27.0. The number of aromatic nitrogens is 2. The third kappa shape index (κ3) is 3.77. The van der Waals surface area contributed by atoms with Crippen LogP contribution in [-0.2, 0) is 16.6 Å². The van der Waals surface area contributed by atoms with E-state index in [9.17, 15) is 8.42 Å². The first-order valence-corrected chi connectivity index (χ1v) is 8.25. The van der Waals surface area contributed by atoms with Gasteiger partial charge in [-0.2, -0.15) is 5.10 Å². The summed E-state index contributed by atoms with van der Waals surface area (Å²) >= 11 is 0. The van der Waals surface area contributed by atoms with E-state index < -0.39 is 10.0 Å². The van der Waals surface area contributed by atoms with E-state index in [2.05, 4.69) is 34.1 Å². The standard InChI is InChI=1S/C12H22N4O2S/c1-3-4-13-6-11-7-14-16-12(11)19(17,18)15-8-10-5-9(10)2/h7,9-10,13,15H,3-6,8H2,1-2H3,(H,14,16). The first-order valence-electron chi connectivity index (χ1n) is 6.77. The van der Waals surface area contributed by atoms with Crippen LogP contribution < -0.4 is 10.0 Å². The third-order valence-electron chi connectivity index (χ3n) is 3.50. The molecule has 0 amide bonds. The maximum Gasteiger partial charge on any atom is 0.257 e. The maximum atomic E-state index is 12.2. The number of nitrogens with one attached hydrogen (secondary N) is 3. The van der Waals surface area contributed by atoms with Gasteiger partial charge in [0, 0.05) is 18.7 Å².